The lowest BCUT2D eigenvalue weighted by molar-refractivity contribution is -0.265. The second kappa shape index (κ2) is 10.3. The molecule has 0 radical (unpaired) electrons. The van der Waals surface area contributed by atoms with Crippen LogP contribution in [0.25, 0.3) is 22.2 Å². The van der Waals surface area contributed by atoms with Gasteiger partial charge in [-0.2, -0.15) is 18.3 Å². The Hall–Kier alpha value is -4.37. The molecule has 2 atom stereocenters. The molecule has 3 heterocycles. The van der Waals surface area contributed by atoms with E-state index in [-0.39, 0.29) is 28.3 Å². The number of amides is 2. The Kier molecular flexibility index (Phi) is 7.04. The van der Waals surface area contributed by atoms with Crippen molar-refractivity contribution in [2.45, 2.75) is 43.0 Å². The predicted octanol–water partition coefficient (Wildman–Crippen LogP) is 4.82. The monoisotopic (exact) mass is 653 g/mol. The van der Waals surface area contributed by atoms with Gasteiger partial charge in [-0.3, -0.25) is 14.3 Å². The highest BCUT2D eigenvalue weighted by atomic mass is 35.5. The Labute approximate surface area is 254 Å². The number of rotatable bonds is 7. The maximum atomic E-state index is 14.9. The predicted molar refractivity (Wildman–Crippen MR) is 147 cm³/mol. The lowest BCUT2D eigenvalue weighted by atomic mass is 9.81. The molecule has 1 fully saturated rings. The van der Waals surface area contributed by atoms with Crippen LogP contribution >= 0.6 is 11.6 Å². The van der Waals surface area contributed by atoms with Crippen LogP contribution in [0.15, 0.2) is 36.5 Å². The molecular formula is C29H22ClF6N5O4. The van der Waals surface area contributed by atoms with Crippen LogP contribution < -0.4 is 15.8 Å². The summed E-state index contributed by atoms with van der Waals surface area (Å²) in [6.07, 6.45) is -2.03. The van der Waals surface area contributed by atoms with Crippen molar-refractivity contribution in [2.24, 2.45) is 5.73 Å². The van der Waals surface area contributed by atoms with Crippen LogP contribution in [0.1, 0.15) is 47.4 Å². The fourth-order valence-corrected chi connectivity index (χ4v) is 5.36. The maximum Gasteiger partial charge on any atom is 0.424 e. The van der Waals surface area contributed by atoms with E-state index in [4.69, 9.17) is 22.1 Å². The smallest absolute Gasteiger partial charge is 0.424 e. The van der Waals surface area contributed by atoms with Gasteiger partial charge in [0.15, 0.2) is 11.6 Å². The van der Waals surface area contributed by atoms with E-state index in [1.807, 2.05) is 5.32 Å². The maximum absolute atomic E-state index is 14.9. The van der Waals surface area contributed by atoms with Crippen LogP contribution in [0.2, 0.25) is 5.02 Å². The molecule has 1 aliphatic heterocycles. The average Bonchev–Trinajstić information content (AvgIpc) is 3.63. The molecule has 45 heavy (non-hydrogen) atoms. The van der Waals surface area contributed by atoms with Gasteiger partial charge in [0.1, 0.15) is 34.8 Å². The third kappa shape index (κ3) is 5.03. The van der Waals surface area contributed by atoms with Gasteiger partial charge in [-0.25, -0.2) is 18.2 Å². The summed E-state index contributed by atoms with van der Waals surface area (Å²) in [7, 11) is 0. The molecular weight excluding hydrogens is 632 g/mol. The topological polar surface area (TPSA) is 132 Å². The first-order chi connectivity index (χ1) is 21.0. The number of ether oxygens (including phenoxy) is 1. The van der Waals surface area contributed by atoms with Gasteiger partial charge in [-0.05, 0) is 44.0 Å². The molecule has 0 spiro atoms. The number of halogens is 7. The number of carbonyl (C=O) groups excluding carboxylic acids is 2. The van der Waals surface area contributed by atoms with Gasteiger partial charge in [0.25, 0.3) is 5.91 Å². The van der Waals surface area contributed by atoms with Crippen LogP contribution in [-0.4, -0.2) is 51.0 Å². The molecule has 236 valence electrons. The highest BCUT2D eigenvalue weighted by molar-refractivity contribution is 6.35. The van der Waals surface area contributed by atoms with E-state index in [9.17, 15) is 41.0 Å². The van der Waals surface area contributed by atoms with E-state index in [1.54, 1.807) is 10.9 Å². The Bertz CT molecular complexity index is 1910. The minimum absolute atomic E-state index is 0.0763. The molecule has 0 bridgehead atoms. The number of primary amides is 1. The van der Waals surface area contributed by atoms with E-state index < -0.39 is 82.3 Å². The summed E-state index contributed by atoms with van der Waals surface area (Å²) in [5.41, 5.74) is -3.07. The zero-order chi connectivity index (χ0) is 32.6. The van der Waals surface area contributed by atoms with Crippen molar-refractivity contribution in [3.05, 3.63) is 75.8 Å². The second-order valence-electron chi connectivity index (χ2n) is 11.2. The molecule has 2 aromatic heterocycles. The number of nitrogens with one attached hydrogen (secondary N) is 1. The summed E-state index contributed by atoms with van der Waals surface area (Å²) in [5, 5.41) is 18.1. The first-order valence-electron chi connectivity index (χ1n) is 13.4. The normalized spacial score (nSPS) is 19.2. The summed E-state index contributed by atoms with van der Waals surface area (Å²) in [4.78, 5) is 29.2. The number of hydrogen-bond donors (Lipinski definition) is 3. The van der Waals surface area contributed by atoms with Crippen LogP contribution in [-0.2, 0) is 15.8 Å². The number of benzene rings is 2. The van der Waals surface area contributed by atoms with Crippen molar-refractivity contribution in [3.63, 3.8) is 0 Å². The first-order valence-corrected chi connectivity index (χ1v) is 13.8. The lowest BCUT2D eigenvalue weighted by Crippen LogP contribution is -2.51. The Morgan fingerprint density at radius 3 is 2.47 bits per heavy atom. The molecule has 4 aromatic rings. The number of pyridine rings is 1. The number of nitrogens with zero attached hydrogens (tertiary/aromatic N) is 3. The molecule has 0 saturated heterocycles. The van der Waals surface area contributed by atoms with Gasteiger partial charge in [0, 0.05) is 34.3 Å². The Morgan fingerprint density at radius 2 is 1.82 bits per heavy atom. The highest BCUT2D eigenvalue weighted by Crippen LogP contribution is 2.48. The second-order valence-corrected chi connectivity index (χ2v) is 11.6. The Morgan fingerprint density at radius 1 is 1.13 bits per heavy atom. The van der Waals surface area contributed by atoms with Crippen molar-refractivity contribution in [1.29, 1.82) is 0 Å². The van der Waals surface area contributed by atoms with Crippen LogP contribution in [0.5, 0.6) is 5.75 Å². The molecule has 4 N–H and O–H groups in total. The summed E-state index contributed by atoms with van der Waals surface area (Å²) in [6, 6.07) is 3.98. The van der Waals surface area contributed by atoms with Crippen molar-refractivity contribution < 1.29 is 45.8 Å². The van der Waals surface area contributed by atoms with Gasteiger partial charge in [-0.1, -0.05) is 11.6 Å². The molecule has 1 unspecified atom stereocenters. The summed E-state index contributed by atoms with van der Waals surface area (Å²) < 4.78 is 93.9. The summed E-state index contributed by atoms with van der Waals surface area (Å²) in [5.74, 6) is -7.07. The number of fused-ring (bicyclic) bond motifs is 2. The summed E-state index contributed by atoms with van der Waals surface area (Å²) >= 11 is 6.29. The first kappa shape index (κ1) is 30.6. The van der Waals surface area contributed by atoms with Crippen molar-refractivity contribution in [1.82, 2.24) is 20.1 Å². The van der Waals surface area contributed by atoms with E-state index in [1.165, 1.54) is 19.1 Å². The largest absolute Gasteiger partial charge is 0.489 e. The zero-order valence-electron chi connectivity index (χ0n) is 23.1. The van der Waals surface area contributed by atoms with Gasteiger partial charge >= 0.3 is 6.18 Å². The van der Waals surface area contributed by atoms with Gasteiger partial charge in [0.2, 0.25) is 11.5 Å². The molecule has 2 amide bonds. The summed E-state index contributed by atoms with van der Waals surface area (Å²) in [6.45, 7) is -0.787. The van der Waals surface area contributed by atoms with Crippen LogP contribution in [0.3, 0.4) is 0 Å². The van der Waals surface area contributed by atoms with E-state index in [0.29, 0.717) is 23.0 Å². The molecule has 6 rings (SSSR count). The van der Waals surface area contributed by atoms with E-state index in [2.05, 4.69) is 10.1 Å². The zero-order valence-corrected chi connectivity index (χ0v) is 23.9. The number of nitrogens with two attached hydrogens (primary N) is 1. The molecule has 16 heteroatoms. The van der Waals surface area contributed by atoms with Gasteiger partial charge in [0.05, 0.1) is 23.3 Å². The van der Waals surface area contributed by atoms with E-state index in [0.717, 1.165) is 12.8 Å². The van der Waals surface area contributed by atoms with Crippen LogP contribution in [0.4, 0.5) is 26.3 Å². The SMILES string of the molecule is C[C@]1(C(N)=O)COc2c1cc(C(O)(CNC(=O)c1cc(Cl)c3nn(C4CC4)cc3c1)C(F)(F)F)nc2-c1cc(F)c(F)cc1F. The molecule has 2 aromatic carbocycles. The minimum Gasteiger partial charge on any atom is -0.489 e. The minimum atomic E-state index is -5.53. The number of alkyl halides is 3. The van der Waals surface area contributed by atoms with Crippen molar-refractivity contribution in [3.8, 4) is 17.0 Å². The number of aliphatic hydroxyl groups is 1. The molecule has 1 saturated carbocycles. The quantitative estimate of drug-likeness (QED) is 0.194. The molecule has 9 nitrogen and oxygen atoms in total. The number of carbonyl (C=O) groups is 2. The Balaban J connectivity index is 1.42. The van der Waals surface area contributed by atoms with Crippen molar-refractivity contribution >= 4 is 34.3 Å². The number of hydrogen-bond acceptors (Lipinski definition) is 6. The standard InChI is InChI=1S/C29H22ClF6N5O4/c1-27(26(37)43)11-45-24-16(27)7-21(39-23(24)15-6-19(32)20(33)8-18(15)31)28(44,29(34,35)36)10-38-25(42)12-4-13-9-41(14-2-3-14)40-22(13)17(30)5-12/h4-9,14,44H,2-3,10-11H2,1H3,(H2,37,43)(H,38,42)/t27-,28?/m0/s1. The van der Waals surface area contributed by atoms with Crippen LogP contribution in [0, 0.1) is 17.5 Å². The third-order valence-corrected chi connectivity index (χ3v) is 8.33. The average molecular weight is 654 g/mol. The fraction of sp³-hybridized carbons (Fsp3) is 0.310. The van der Waals surface area contributed by atoms with Gasteiger partial charge < -0.3 is 20.9 Å². The van der Waals surface area contributed by atoms with Gasteiger partial charge in [-0.15, -0.1) is 0 Å². The molecule has 2 aliphatic rings. The van der Waals surface area contributed by atoms with E-state index >= 15 is 0 Å². The van der Waals surface area contributed by atoms with Crippen molar-refractivity contribution in [2.75, 3.05) is 13.2 Å². The highest BCUT2D eigenvalue weighted by Gasteiger charge is 2.58. The fourth-order valence-electron chi connectivity index (χ4n) is 5.10. The molecule has 1 aliphatic carbocycles. The number of aromatic nitrogens is 3. The third-order valence-electron chi connectivity index (χ3n) is 8.04. The lowest BCUT2D eigenvalue weighted by Gasteiger charge is -2.31.